The fourth-order valence-corrected chi connectivity index (χ4v) is 2.16. The zero-order chi connectivity index (χ0) is 30.2. The summed E-state index contributed by atoms with van der Waals surface area (Å²) in [5.74, 6) is -5.32. The largest absolute Gasteiger partial charge is 2.00 e. The van der Waals surface area contributed by atoms with E-state index >= 15 is 0 Å². The van der Waals surface area contributed by atoms with E-state index in [9.17, 15) is 49.2 Å². The number of H-pyrrole nitrogens is 4. The SMILES string of the molecule is Nc1cc[nH+]c(=O)[nH]1.Nc1cc[nH+]c(=O)[nH]1.O.O.O.O.O.O=C([O-])c1cccc(C(=O)[O-])n1.O=C([O-])c1cccc(C(=O)[O-])n1.[Cu+2]. The number of carboxylic acid groups (broad SMARTS) is 4. The van der Waals surface area contributed by atoms with E-state index in [1.54, 1.807) is 12.1 Å². The van der Waals surface area contributed by atoms with Crippen LogP contribution in [0.15, 0.2) is 70.5 Å². The van der Waals surface area contributed by atoms with E-state index < -0.39 is 46.7 Å². The molecule has 0 bridgehead atoms. The maximum atomic E-state index is 10.3. The van der Waals surface area contributed by atoms with Crippen LogP contribution in [0, 0.1) is 0 Å². The number of carbonyl (C=O) groups is 4. The summed E-state index contributed by atoms with van der Waals surface area (Å²) in [5, 5.41) is 40.8. The third kappa shape index (κ3) is 20.7. The monoisotopic (exact) mass is 707 g/mol. The van der Waals surface area contributed by atoms with Gasteiger partial charge in [-0.2, -0.15) is 19.6 Å². The number of aromatic amines is 4. The average Bonchev–Trinajstić information content (AvgIpc) is 2.89. The molecule has 0 saturated heterocycles. The van der Waals surface area contributed by atoms with Crippen molar-refractivity contribution >= 4 is 35.5 Å². The zero-order valence-corrected chi connectivity index (χ0v) is 23.6. The molecule has 4 aromatic rings. The molecule has 1 radical (unpaired) electrons. The number of hydrogen-bond donors (Lipinski definition) is 4. The number of carbonyl (C=O) groups excluding carboxylic acids is 4. The number of nitrogens with zero attached hydrogens (tertiary/aromatic N) is 2. The van der Waals surface area contributed by atoms with E-state index in [2.05, 4.69) is 29.9 Å². The minimum Gasteiger partial charge on any atom is -0.543 e. The number of carboxylic acids is 4. The average molecular weight is 708 g/mol. The van der Waals surface area contributed by atoms with E-state index in [0.29, 0.717) is 11.6 Å². The van der Waals surface area contributed by atoms with Crippen LogP contribution < -0.4 is 53.2 Å². The smallest absolute Gasteiger partial charge is 0.543 e. The molecule has 18 N–H and O–H groups in total. The molecule has 4 rings (SSSR count). The van der Waals surface area contributed by atoms with E-state index in [-0.39, 0.29) is 55.8 Å². The Balaban J connectivity index is -0.000000113. The van der Waals surface area contributed by atoms with Gasteiger partial charge in [0.1, 0.15) is 0 Å². The molecule has 0 aliphatic rings. The van der Waals surface area contributed by atoms with Gasteiger partial charge in [0.05, 0.1) is 59.0 Å². The number of rotatable bonds is 4. The second kappa shape index (κ2) is 26.5. The maximum absolute atomic E-state index is 10.3. The van der Waals surface area contributed by atoms with Crippen molar-refractivity contribution in [2.75, 3.05) is 11.5 Å². The molecule has 0 aliphatic carbocycles. The number of aromatic carboxylic acids is 4. The Kier molecular flexibility index (Phi) is 30.2. The first kappa shape index (κ1) is 52.5. The Morgan fingerprint density at radius 1 is 0.543 bits per heavy atom. The molecule has 4 heterocycles. The first-order valence-corrected chi connectivity index (χ1v) is 10.3. The number of aromatic nitrogens is 6. The second-order valence-electron chi connectivity index (χ2n) is 6.74. The van der Waals surface area contributed by atoms with Crippen molar-refractivity contribution in [2.24, 2.45) is 0 Å². The van der Waals surface area contributed by atoms with Gasteiger partial charge in [-0.15, -0.1) is 0 Å². The molecular weight excluding hydrogens is 680 g/mol. The molecule has 0 spiro atoms. The Hall–Kier alpha value is -6.14. The van der Waals surface area contributed by atoms with Crippen LogP contribution in [-0.4, -0.2) is 71.2 Å². The van der Waals surface area contributed by atoms with Gasteiger partial charge in [-0.25, -0.2) is 19.9 Å². The van der Waals surface area contributed by atoms with Gasteiger partial charge in [0.15, 0.2) is 11.6 Å². The molecule has 257 valence electrons. The number of nitrogen functional groups attached to an aromatic ring is 2. The molecule has 23 nitrogen and oxygen atoms in total. The molecule has 0 amide bonds. The summed E-state index contributed by atoms with van der Waals surface area (Å²) in [5.41, 5.74) is 8.11. The van der Waals surface area contributed by atoms with E-state index in [4.69, 9.17) is 11.5 Å². The number of anilines is 2. The molecule has 4 aromatic heterocycles. The second-order valence-corrected chi connectivity index (χ2v) is 6.74. The predicted molar refractivity (Wildman–Crippen MR) is 140 cm³/mol. The molecule has 0 fully saturated rings. The Morgan fingerprint density at radius 2 is 0.783 bits per heavy atom. The van der Waals surface area contributed by atoms with Gasteiger partial charge in [0.2, 0.25) is 0 Å². The van der Waals surface area contributed by atoms with Crippen LogP contribution in [0.1, 0.15) is 42.0 Å². The molecule has 24 heteroatoms. The van der Waals surface area contributed by atoms with Gasteiger partial charge in [0.25, 0.3) is 0 Å². The summed E-state index contributed by atoms with van der Waals surface area (Å²) in [6, 6.07) is 10.2. The van der Waals surface area contributed by atoms with Gasteiger partial charge < -0.3 is 78.5 Å². The molecule has 0 saturated carbocycles. The van der Waals surface area contributed by atoms with Gasteiger partial charge >= 0.3 is 28.4 Å². The Morgan fingerprint density at radius 3 is 0.935 bits per heavy atom. The van der Waals surface area contributed by atoms with Crippen LogP contribution in [0.3, 0.4) is 0 Å². The Labute approximate surface area is 265 Å². The molecule has 0 unspecified atom stereocenters. The quantitative estimate of drug-likeness (QED) is 0.143. The summed E-state index contributed by atoms with van der Waals surface area (Å²) < 4.78 is 0. The summed E-state index contributed by atoms with van der Waals surface area (Å²) in [6.07, 6.45) is 2.96. The number of hydrogen-bond acceptors (Lipinski definition) is 14. The third-order valence-electron chi connectivity index (χ3n) is 3.81. The zero-order valence-electron chi connectivity index (χ0n) is 22.7. The fraction of sp³-hybridized carbons (Fsp3) is 0. The van der Waals surface area contributed by atoms with Gasteiger partial charge in [0, 0.05) is 12.1 Å². The van der Waals surface area contributed by atoms with Crippen LogP contribution >= 0.6 is 0 Å². The summed E-state index contributed by atoms with van der Waals surface area (Å²) in [6.45, 7) is 0. The topological polar surface area (TPSA) is 490 Å². The summed E-state index contributed by atoms with van der Waals surface area (Å²) in [4.78, 5) is 77.3. The van der Waals surface area contributed by atoms with Crippen LogP contribution in [0.2, 0.25) is 0 Å². The van der Waals surface area contributed by atoms with Crippen LogP contribution in [0.4, 0.5) is 11.6 Å². The minimum atomic E-state index is -1.52. The van der Waals surface area contributed by atoms with Gasteiger partial charge in [-0.1, -0.05) is 12.1 Å². The maximum Gasteiger partial charge on any atom is 2.00 e. The van der Waals surface area contributed by atoms with E-state index in [1.165, 1.54) is 24.5 Å². The van der Waals surface area contributed by atoms with E-state index in [1.807, 2.05) is 0 Å². The number of nitrogens with one attached hydrogen (secondary N) is 4. The fourth-order valence-electron chi connectivity index (χ4n) is 2.16. The number of nitrogens with two attached hydrogens (primary N) is 2. The van der Waals surface area contributed by atoms with Gasteiger partial charge in [-0.05, 0) is 24.3 Å². The predicted octanol–water partition coefficient (Wildman–Crippen LogP) is -11.0. The Bertz CT molecular complexity index is 1440. The molecule has 46 heavy (non-hydrogen) atoms. The first-order chi connectivity index (χ1) is 18.8. The molecule has 0 aromatic carbocycles. The molecule has 0 aliphatic heterocycles. The van der Waals surface area contributed by atoms with Crippen molar-refractivity contribution in [3.63, 3.8) is 0 Å². The van der Waals surface area contributed by atoms with Crippen molar-refractivity contribution in [2.45, 2.75) is 0 Å². The van der Waals surface area contributed by atoms with Gasteiger partial charge in [-0.3, -0.25) is 0 Å². The van der Waals surface area contributed by atoms with Crippen LogP contribution in [0.25, 0.3) is 0 Å². The third-order valence-corrected chi connectivity index (χ3v) is 3.81. The standard InChI is InChI=1S/2C7H5NO4.2C4H5N3O.Cu.5H2O/c2*9-6(10)4-2-1-3-5(8-4)7(11)12;2*5-3-1-2-6-4(8)7-3;;;;;;/h2*1-3H,(H,9,10)(H,11,12);2*1-2H,(H3,5,6,7,8);;5*1H2/q;;;;+2;;;;;/p-2. The van der Waals surface area contributed by atoms with Crippen LogP contribution in [0.5, 0.6) is 0 Å². The summed E-state index contributed by atoms with van der Waals surface area (Å²) in [7, 11) is 0. The van der Waals surface area contributed by atoms with Crippen molar-refractivity contribution in [1.82, 2.24) is 19.9 Å². The van der Waals surface area contributed by atoms with Crippen LogP contribution in [-0.2, 0) is 17.1 Å². The molecular formula is C22H28CuN8O15. The normalized spacial score (nSPS) is 8.00. The van der Waals surface area contributed by atoms with Crippen molar-refractivity contribution in [1.29, 1.82) is 0 Å². The first-order valence-electron chi connectivity index (χ1n) is 10.3. The van der Waals surface area contributed by atoms with E-state index in [0.717, 1.165) is 24.3 Å². The molecule has 0 atom stereocenters. The van der Waals surface area contributed by atoms with Crippen molar-refractivity contribution in [3.05, 3.63) is 105 Å². The minimum absolute atomic E-state index is 0. The van der Waals surface area contributed by atoms with Crippen molar-refractivity contribution in [3.8, 4) is 0 Å². The summed E-state index contributed by atoms with van der Waals surface area (Å²) >= 11 is 0. The number of pyridine rings is 2. The van der Waals surface area contributed by atoms with Crippen molar-refractivity contribution < 1.29 is 94.0 Å².